The Hall–Kier alpha value is -1.74. The lowest BCUT2D eigenvalue weighted by atomic mass is 9.85. The zero-order valence-electron chi connectivity index (χ0n) is 16.0. The number of carbonyl (C=O) groups excluding carboxylic acids is 1. The Kier molecular flexibility index (Phi) is 6.00. The van der Waals surface area contributed by atoms with E-state index in [2.05, 4.69) is 0 Å². The number of fused-ring (bicyclic) bond motifs is 3. The number of rotatable bonds is 9. The third kappa shape index (κ3) is 3.67. The fraction of sp³-hybridized carbons (Fsp3) is 0.409. The predicted octanol–water partition coefficient (Wildman–Crippen LogP) is 5.67. The summed E-state index contributed by atoms with van der Waals surface area (Å²) in [7, 11) is -3.94. The van der Waals surface area contributed by atoms with Crippen molar-refractivity contribution < 1.29 is 18.8 Å². The van der Waals surface area contributed by atoms with Crippen LogP contribution in [0.1, 0.15) is 57.1 Å². The van der Waals surface area contributed by atoms with Gasteiger partial charge in [0.05, 0.1) is 6.16 Å². The zero-order chi connectivity index (χ0) is 19.5. The topological polar surface area (TPSA) is 63.6 Å². The van der Waals surface area contributed by atoms with Gasteiger partial charge in [-0.25, -0.2) is 0 Å². The van der Waals surface area contributed by atoms with Gasteiger partial charge < -0.3 is 4.89 Å². The summed E-state index contributed by atoms with van der Waals surface area (Å²) in [5.74, 6) is -0.146. The summed E-state index contributed by atoms with van der Waals surface area (Å²) >= 11 is 0. The van der Waals surface area contributed by atoms with Crippen molar-refractivity contribution in [3.8, 4) is 11.1 Å². The second-order valence-corrected chi connectivity index (χ2v) is 9.01. The van der Waals surface area contributed by atoms with Gasteiger partial charge in [-0.15, -0.1) is 0 Å². The second kappa shape index (κ2) is 8.10. The third-order valence-electron chi connectivity index (χ3n) is 5.13. The average Bonchev–Trinajstić information content (AvgIpc) is 2.95. The van der Waals surface area contributed by atoms with Crippen LogP contribution in [0, 0.1) is 0 Å². The Morgan fingerprint density at radius 1 is 0.963 bits per heavy atom. The molecule has 0 aromatic heterocycles. The van der Waals surface area contributed by atoms with Crippen LogP contribution in [-0.4, -0.2) is 16.8 Å². The van der Waals surface area contributed by atoms with Crippen LogP contribution in [0.5, 0.6) is 0 Å². The molecule has 0 saturated heterocycles. The Balaban J connectivity index is 2.18. The van der Waals surface area contributed by atoms with E-state index in [0.29, 0.717) is 24.0 Å². The molecule has 3 rings (SSSR count). The maximum Gasteiger partial charge on any atom is 0.329 e. The van der Waals surface area contributed by atoms with Crippen LogP contribution >= 0.6 is 7.60 Å². The van der Waals surface area contributed by atoms with Crippen molar-refractivity contribution in [2.24, 2.45) is 0 Å². The van der Waals surface area contributed by atoms with E-state index in [1.165, 1.54) is 0 Å². The van der Waals surface area contributed by atoms with Crippen LogP contribution in [0.4, 0.5) is 0 Å². The highest BCUT2D eigenvalue weighted by molar-refractivity contribution is 7.52. The molecule has 27 heavy (non-hydrogen) atoms. The molecular formula is C22H27O4P. The molecule has 0 fully saturated rings. The molecule has 0 heterocycles. The van der Waals surface area contributed by atoms with Gasteiger partial charge in [0.1, 0.15) is 0 Å². The molecule has 2 aromatic carbocycles. The van der Waals surface area contributed by atoms with Gasteiger partial charge in [0.25, 0.3) is 0 Å². The Bertz CT molecular complexity index is 829. The Morgan fingerprint density at radius 3 is 2.00 bits per heavy atom. The minimum atomic E-state index is -3.94. The fourth-order valence-corrected chi connectivity index (χ4v) is 5.31. The van der Waals surface area contributed by atoms with Crippen molar-refractivity contribution in [2.45, 2.75) is 51.6 Å². The maximum absolute atomic E-state index is 13.4. The van der Waals surface area contributed by atoms with E-state index in [1.54, 1.807) is 0 Å². The normalized spacial score (nSPS) is 16.4. The molecular weight excluding hydrogens is 359 g/mol. The zero-order valence-corrected chi connectivity index (χ0v) is 16.9. The molecule has 1 N–H and O–H groups in total. The van der Waals surface area contributed by atoms with E-state index in [0.717, 1.165) is 30.4 Å². The van der Waals surface area contributed by atoms with Gasteiger partial charge in [-0.05, 0) is 24.0 Å². The lowest BCUT2D eigenvalue weighted by Gasteiger charge is -2.32. The minimum Gasteiger partial charge on any atom is -0.324 e. The third-order valence-corrected chi connectivity index (χ3v) is 6.57. The molecule has 1 atom stereocenters. The molecule has 0 amide bonds. The van der Waals surface area contributed by atoms with E-state index >= 15 is 0 Å². The molecule has 2 aromatic rings. The molecule has 1 aliphatic carbocycles. The van der Waals surface area contributed by atoms with Gasteiger partial charge in [0, 0.05) is 17.5 Å². The fourth-order valence-electron chi connectivity index (χ4n) is 3.78. The second-order valence-electron chi connectivity index (χ2n) is 7.10. The van der Waals surface area contributed by atoms with E-state index in [9.17, 15) is 14.3 Å². The summed E-state index contributed by atoms with van der Waals surface area (Å²) < 4.78 is 18.9. The molecule has 0 radical (unpaired) electrons. The summed E-state index contributed by atoms with van der Waals surface area (Å²) in [6, 6.07) is 15.1. The number of benzene rings is 2. The molecule has 1 aliphatic rings. The lowest BCUT2D eigenvalue weighted by Crippen LogP contribution is -2.37. The first-order valence-electron chi connectivity index (χ1n) is 9.71. The minimum absolute atomic E-state index is 0.0522. The van der Waals surface area contributed by atoms with Gasteiger partial charge in [0.2, 0.25) is 0 Å². The summed E-state index contributed by atoms with van der Waals surface area (Å²) in [4.78, 5) is 24.0. The molecule has 0 spiro atoms. The van der Waals surface area contributed by atoms with Crippen molar-refractivity contribution in [3.05, 3.63) is 59.7 Å². The van der Waals surface area contributed by atoms with Gasteiger partial charge in [0.15, 0.2) is 11.4 Å². The van der Waals surface area contributed by atoms with E-state index in [1.807, 2.05) is 62.4 Å². The maximum atomic E-state index is 13.4. The monoisotopic (exact) mass is 386 g/mol. The van der Waals surface area contributed by atoms with Crippen LogP contribution in [0.2, 0.25) is 0 Å². The Labute approximate surface area is 161 Å². The number of hydrogen-bond donors (Lipinski definition) is 1. The largest absolute Gasteiger partial charge is 0.329 e. The number of unbranched alkanes of at least 4 members (excludes halogenated alkanes) is 2. The standard InChI is InChI=1S/C22H27O4P/c1-3-5-15-21(23)22(26-27(24,25)16-6-4-2)19-13-9-7-11-17(19)18-12-8-10-14-20(18)22/h7-14H,3-6,15-16H2,1-2H3,(H,24,25). The SMILES string of the molecule is CCCCC(=O)C1(OP(=O)(O)CCCC)c2ccccc2-c2ccccc21. The van der Waals surface area contributed by atoms with Crippen LogP contribution in [0.25, 0.3) is 11.1 Å². The molecule has 0 bridgehead atoms. The van der Waals surface area contributed by atoms with Crippen LogP contribution in [0.3, 0.4) is 0 Å². The van der Waals surface area contributed by atoms with Gasteiger partial charge in [-0.1, -0.05) is 75.2 Å². The molecule has 4 nitrogen and oxygen atoms in total. The highest BCUT2D eigenvalue weighted by atomic mass is 31.2. The summed E-state index contributed by atoms with van der Waals surface area (Å²) in [6.45, 7) is 3.98. The van der Waals surface area contributed by atoms with Gasteiger partial charge >= 0.3 is 7.60 Å². The highest BCUT2D eigenvalue weighted by Gasteiger charge is 2.52. The predicted molar refractivity (Wildman–Crippen MR) is 108 cm³/mol. The van der Waals surface area contributed by atoms with Crippen molar-refractivity contribution >= 4 is 13.4 Å². The van der Waals surface area contributed by atoms with Crippen molar-refractivity contribution in [1.29, 1.82) is 0 Å². The van der Waals surface area contributed by atoms with Crippen LogP contribution < -0.4 is 0 Å². The summed E-state index contributed by atoms with van der Waals surface area (Å²) in [6.07, 6.45) is 3.33. The first-order valence-corrected chi connectivity index (χ1v) is 11.5. The van der Waals surface area contributed by atoms with Crippen LogP contribution in [-0.2, 0) is 19.5 Å². The van der Waals surface area contributed by atoms with Crippen molar-refractivity contribution in [2.75, 3.05) is 6.16 Å². The van der Waals surface area contributed by atoms with E-state index in [-0.39, 0.29) is 11.9 Å². The number of carbonyl (C=O) groups is 1. The lowest BCUT2D eigenvalue weighted by molar-refractivity contribution is -0.132. The summed E-state index contributed by atoms with van der Waals surface area (Å²) in [5, 5.41) is 0. The molecule has 0 aliphatic heterocycles. The van der Waals surface area contributed by atoms with E-state index < -0.39 is 13.2 Å². The smallest absolute Gasteiger partial charge is 0.324 e. The molecule has 5 heteroatoms. The first kappa shape index (κ1) is 20.0. The van der Waals surface area contributed by atoms with Gasteiger partial charge in [-0.2, -0.15) is 0 Å². The average molecular weight is 386 g/mol. The quantitative estimate of drug-likeness (QED) is 0.564. The van der Waals surface area contributed by atoms with Gasteiger partial charge in [-0.3, -0.25) is 13.9 Å². The number of hydrogen-bond acceptors (Lipinski definition) is 3. The summed E-state index contributed by atoms with van der Waals surface area (Å²) in [5.41, 5.74) is 1.65. The first-order chi connectivity index (χ1) is 13.0. The number of Topliss-reactive ketones (excluding diaryl/α,β-unsaturated/α-hetero) is 1. The van der Waals surface area contributed by atoms with E-state index in [4.69, 9.17) is 4.52 Å². The molecule has 144 valence electrons. The molecule has 1 unspecified atom stereocenters. The van der Waals surface area contributed by atoms with Crippen molar-refractivity contribution in [3.63, 3.8) is 0 Å². The molecule has 0 saturated carbocycles. The number of ketones is 1. The van der Waals surface area contributed by atoms with Crippen molar-refractivity contribution in [1.82, 2.24) is 0 Å². The Morgan fingerprint density at radius 2 is 1.48 bits per heavy atom. The van der Waals surface area contributed by atoms with Crippen LogP contribution in [0.15, 0.2) is 48.5 Å². The highest BCUT2D eigenvalue weighted by Crippen LogP contribution is 2.58.